The summed E-state index contributed by atoms with van der Waals surface area (Å²) in [6.07, 6.45) is 3.10. The maximum Gasteiger partial charge on any atom is 0.119 e. The second-order valence-electron chi connectivity index (χ2n) is 5.31. The molecule has 2 heterocycles. The van der Waals surface area contributed by atoms with Crippen LogP contribution in [0.15, 0.2) is 18.2 Å². The molecule has 2 aliphatic heterocycles. The van der Waals surface area contributed by atoms with Crippen molar-refractivity contribution in [3.05, 3.63) is 23.8 Å². The number of ether oxygens (including phenoxy) is 2. The van der Waals surface area contributed by atoms with Crippen LogP contribution in [-0.4, -0.2) is 31.5 Å². The van der Waals surface area contributed by atoms with Gasteiger partial charge in [-0.05, 0) is 37.5 Å². The van der Waals surface area contributed by atoms with E-state index in [1.165, 1.54) is 5.56 Å². The lowest BCUT2D eigenvalue weighted by molar-refractivity contribution is 0.0811. The van der Waals surface area contributed by atoms with Gasteiger partial charge in [-0.3, -0.25) is 0 Å². The van der Waals surface area contributed by atoms with E-state index in [0.29, 0.717) is 12.0 Å². The summed E-state index contributed by atoms with van der Waals surface area (Å²) in [5.74, 6) is 1.38. The maximum absolute atomic E-state index is 9.03. The van der Waals surface area contributed by atoms with Crippen LogP contribution in [-0.2, 0) is 4.74 Å². The van der Waals surface area contributed by atoms with E-state index >= 15 is 0 Å². The molecule has 4 nitrogen and oxygen atoms in total. The van der Waals surface area contributed by atoms with Gasteiger partial charge in [0.05, 0.1) is 13.2 Å². The van der Waals surface area contributed by atoms with E-state index in [0.717, 1.165) is 37.3 Å². The predicted molar refractivity (Wildman–Crippen MR) is 73.5 cm³/mol. The smallest absolute Gasteiger partial charge is 0.119 e. The number of methoxy groups -OCH3 is 1. The molecule has 19 heavy (non-hydrogen) atoms. The number of hydrogen-bond donors (Lipinski definition) is 2. The molecule has 104 valence electrons. The molecule has 1 saturated heterocycles. The molecular formula is C15H21NO3. The summed E-state index contributed by atoms with van der Waals surface area (Å²) >= 11 is 0. The molecule has 1 fully saturated rings. The average molecular weight is 263 g/mol. The van der Waals surface area contributed by atoms with E-state index in [1.807, 2.05) is 6.07 Å². The van der Waals surface area contributed by atoms with Gasteiger partial charge in [0, 0.05) is 36.4 Å². The fraction of sp³-hybridized carbons (Fsp3) is 0.600. The number of aliphatic hydroxyl groups is 1. The third-order valence-corrected chi connectivity index (χ3v) is 4.23. The first-order chi connectivity index (χ1) is 9.33. The van der Waals surface area contributed by atoms with Crippen molar-refractivity contribution < 1.29 is 14.6 Å². The first kappa shape index (κ1) is 12.8. The van der Waals surface area contributed by atoms with Crippen molar-refractivity contribution in [3.63, 3.8) is 0 Å². The van der Waals surface area contributed by atoms with Gasteiger partial charge in [0.1, 0.15) is 5.75 Å². The van der Waals surface area contributed by atoms with Crippen LogP contribution >= 0.6 is 0 Å². The molecule has 0 aliphatic carbocycles. The zero-order chi connectivity index (χ0) is 13.2. The normalized spacial score (nSPS) is 28.4. The summed E-state index contributed by atoms with van der Waals surface area (Å²) in [6.45, 7) is 1.08. The minimum Gasteiger partial charge on any atom is -0.497 e. The lowest BCUT2D eigenvalue weighted by Gasteiger charge is -2.36. The van der Waals surface area contributed by atoms with Crippen molar-refractivity contribution in [2.45, 2.75) is 31.4 Å². The number of nitrogens with one attached hydrogen (secondary N) is 1. The van der Waals surface area contributed by atoms with Crippen molar-refractivity contribution in [1.82, 2.24) is 0 Å². The molecule has 3 atom stereocenters. The van der Waals surface area contributed by atoms with Crippen molar-refractivity contribution in [3.8, 4) is 5.75 Å². The Balaban J connectivity index is 1.89. The van der Waals surface area contributed by atoms with Crippen LogP contribution < -0.4 is 10.1 Å². The predicted octanol–water partition coefficient (Wildman–Crippen LogP) is 2.34. The fourth-order valence-corrected chi connectivity index (χ4v) is 3.28. The van der Waals surface area contributed by atoms with Crippen LogP contribution in [0.4, 0.5) is 5.69 Å². The minimum atomic E-state index is 0.176. The van der Waals surface area contributed by atoms with Crippen molar-refractivity contribution in [2.75, 3.05) is 25.6 Å². The zero-order valence-corrected chi connectivity index (χ0v) is 11.3. The molecule has 0 amide bonds. The summed E-state index contributed by atoms with van der Waals surface area (Å²) in [5.41, 5.74) is 2.36. The Morgan fingerprint density at radius 2 is 2.37 bits per heavy atom. The summed E-state index contributed by atoms with van der Waals surface area (Å²) < 4.78 is 11.2. The van der Waals surface area contributed by atoms with Gasteiger partial charge in [-0.2, -0.15) is 0 Å². The third-order valence-electron chi connectivity index (χ3n) is 4.23. The molecule has 0 aromatic heterocycles. The first-order valence-corrected chi connectivity index (χ1v) is 7.00. The molecule has 4 heteroatoms. The molecule has 1 aromatic rings. The van der Waals surface area contributed by atoms with Gasteiger partial charge in [-0.25, -0.2) is 0 Å². The lowest BCUT2D eigenvalue weighted by atomic mass is 9.82. The van der Waals surface area contributed by atoms with Crippen molar-refractivity contribution in [2.24, 2.45) is 5.92 Å². The molecular weight excluding hydrogens is 242 g/mol. The quantitative estimate of drug-likeness (QED) is 0.875. The topological polar surface area (TPSA) is 50.7 Å². The molecule has 1 aromatic carbocycles. The standard InChI is InChI=1S/C15H21NO3/c1-18-10-4-5-14-12(9-10)15-11(6-8-19-15)13(16-14)3-2-7-17/h4-5,9,11,13,15-17H,2-3,6-8H2,1H3. The van der Waals surface area contributed by atoms with E-state index in [1.54, 1.807) is 7.11 Å². The molecule has 0 saturated carbocycles. The van der Waals surface area contributed by atoms with Gasteiger partial charge in [-0.15, -0.1) is 0 Å². The molecule has 3 rings (SSSR count). The van der Waals surface area contributed by atoms with Crippen LogP contribution in [0.3, 0.4) is 0 Å². The van der Waals surface area contributed by atoms with Gasteiger partial charge in [0.2, 0.25) is 0 Å². The van der Waals surface area contributed by atoms with Crippen LogP contribution in [0.25, 0.3) is 0 Å². The monoisotopic (exact) mass is 263 g/mol. The zero-order valence-electron chi connectivity index (χ0n) is 11.3. The first-order valence-electron chi connectivity index (χ1n) is 7.00. The Morgan fingerprint density at radius 3 is 3.16 bits per heavy atom. The van der Waals surface area contributed by atoms with E-state index in [-0.39, 0.29) is 12.7 Å². The van der Waals surface area contributed by atoms with Crippen molar-refractivity contribution in [1.29, 1.82) is 0 Å². The number of fused-ring (bicyclic) bond motifs is 3. The highest BCUT2D eigenvalue weighted by Gasteiger charge is 2.40. The van der Waals surface area contributed by atoms with Gasteiger partial charge in [-0.1, -0.05) is 0 Å². The minimum absolute atomic E-state index is 0.176. The van der Waals surface area contributed by atoms with E-state index in [4.69, 9.17) is 14.6 Å². The molecule has 0 radical (unpaired) electrons. The van der Waals surface area contributed by atoms with Gasteiger partial charge in [0.15, 0.2) is 0 Å². The van der Waals surface area contributed by atoms with Crippen LogP contribution in [0, 0.1) is 5.92 Å². The summed E-state index contributed by atoms with van der Waals surface area (Å²) in [6, 6.07) is 6.52. The van der Waals surface area contributed by atoms with Crippen LogP contribution in [0.2, 0.25) is 0 Å². The Kier molecular flexibility index (Phi) is 3.62. The lowest BCUT2D eigenvalue weighted by Crippen LogP contribution is -2.36. The maximum atomic E-state index is 9.03. The number of rotatable bonds is 4. The fourth-order valence-electron chi connectivity index (χ4n) is 3.28. The van der Waals surface area contributed by atoms with Crippen LogP contribution in [0.5, 0.6) is 5.75 Å². The van der Waals surface area contributed by atoms with E-state index in [9.17, 15) is 0 Å². The second-order valence-corrected chi connectivity index (χ2v) is 5.31. The highest BCUT2D eigenvalue weighted by atomic mass is 16.5. The number of aliphatic hydroxyl groups excluding tert-OH is 1. The molecule has 0 bridgehead atoms. The Hall–Kier alpha value is -1.26. The summed E-state index contributed by atoms with van der Waals surface area (Å²) in [5, 5.41) is 12.6. The number of anilines is 1. The van der Waals surface area contributed by atoms with Crippen LogP contribution in [0.1, 0.15) is 30.9 Å². The van der Waals surface area contributed by atoms with Gasteiger partial charge in [0.25, 0.3) is 0 Å². The van der Waals surface area contributed by atoms with Gasteiger partial charge >= 0.3 is 0 Å². The van der Waals surface area contributed by atoms with Gasteiger partial charge < -0.3 is 19.9 Å². The number of benzene rings is 1. The number of hydrogen-bond acceptors (Lipinski definition) is 4. The molecule has 2 aliphatic rings. The third kappa shape index (κ3) is 2.30. The molecule has 2 N–H and O–H groups in total. The Bertz CT molecular complexity index is 449. The Morgan fingerprint density at radius 1 is 1.47 bits per heavy atom. The van der Waals surface area contributed by atoms with Crippen molar-refractivity contribution >= 4 is 5.69 Å². The summed E-state index contributed by atoms with van der Waals surface area (Å²) in [4.78, 5) is 0. The van der Waals surface area contributed by atoms with E-state index in [2.05, 4.69) is 17.4 Å². The molecule has 3 unspecified atom stereocenters. The highest BCUT2D eigenvalue weighted by Crippen LogP contribution is 2.46. The molecule has 0 spiro atoms. The second kappa shape index (κ2) is 5.39. The largest absolute Gasteiger partial charge is 0.497 e. The Labute approximate surface area is 113 Å². The van der Waals surface area contributed by atoms with E-state index < -0.39 is 0 Å². The SMILES string of the molecule is COc1ccc2c(c1)C1OCCC1C(CCCO)N2. The summed E-state index contributed by atoms with van der Waals surface area (Å²) in [7, 11) is 1.69. The average Bonchev–Trinajstić information content (AvgIpc) is 2.94. The highest BCUT2D eigenvalue weighted by molar-refractivity contribution is 5.58.